The van der Waals surface area contributed by atoms with Gasteiger partial charge in [-0.05, 0) is 24.6 Å². The van der Waals surface area contributed by atoms with Crippen molar-refractivity contribution in [2.45, 2.75) is 6.92 Å². The highest BCUT2D eigenvalue weighted by atomic mass is 16.6. The highest BCUT2D eigenvalue weighted by molar-refractivity contribution is 5.86. The van der Waals surface area contributed by atoms with Gasteiger partial charge in [-0.15, -0.1) is 0 Å². The number of nitrogens with zero attached hydrogens (tertiary/aromatic N) is 4. The molecule has 9 nitrogen and oxygen atoms in total. The van der Waals surface area contributed by atoms with E-state index in [4.69, 9.17) is 0 Å². The fraction of sp³-hybridized carbons (Fsp3) is 0.0588. The molecule has 130 valence electrons. The average molecular weight is 351 g/mol. The summed E-state index contributed by atoms with van der Waals surface area (Å²) in [4.78, 5) is 25.1. The molecular weight excluding hydrogens is 338 g/mol. The molecule has 26 heavy (non-hydrogen) atoms. The van der Waals surface area contributed by atoms with Crippen LogP contribution in [0, 0.1) is 27.2 Å². The van der Waals surface area contributed by atoms with Gasteiger partial charge >= 0.3 is 0 Å². The fourth-order valence-corrected chi connectivity index (χ4v) is 2.44. The zero-order chi connectivity index (χ0) is 18.7. The van der Waals surface area contributed by atoms with Crippen LogP contribution in [-0.4, -0.2) is 21.0 Å². The molecule has 0 aliphatic heterocycles. The molecule has 2 aromatic carbocycles. The summed E-state index contributed by atoms with van der Waals surface area (Å²) in [6, 6.07) is 12.2. The minimum Gasteiger partial charge on any atom is -0.261 e. The van der Waals surface area contributed by atoms with E-state index in [9.17, 15) is 20.2 Å². The Morgan fingerprint density at radius 2 is 1.77 bits per heavy atom. The summed E-state index contributed by atoms with van der Waals surface area (Å²) in [6.45, 7) is 1.82. The van der Waals surface area contributed by atoms with Gasteiger partial charge < -0.3 is 0 Å². The van der Waals surface area contributed by atoms with Crippen LogP contribution < -0.4 is 5.43 Å². The van der Waals surface area contributed by atoms with Crippen LogP contribution in [0.25, 0.3) is 10.9 Å². The standard InChI is InChI=1S/C17H13N5O4/c1-11-7-17(19-16-6-5-14(22(25)26)9-15(11)16)20-18-10-12-3-2-4-13(8-12)21(23)24/h2-10H,1H3,(H,19,20). The van der Waals surface area contributed by atoms with Crippen LogP contribution in [0.5, 0.6) is 0 Å². The molecule has 0 spiro atoms. The van der Waals surface area contributed by atoms with Gasteiger partial charge in [-0.1, -0.05) is 12.1 Å². The topological polar surface area (TPSA) is 124 Å². The lowest BCUT2D eigenvalue weighted by Crippen LogP contribution is -1.96. The van der Waals surface area contributed by atoms with Gasteiger partial charge in [0.1, 0.15) is 5.82 Å². The van der Waals surface area contributed by atoms with Gasteiger partial charge in [0.15, 0.2) is 0 Å². The summed E-state index contributed by atoms with van der Waals surface area (Å²) < 4.78 is 0. The van der Waals surface area contributed by atoms with E-state index < -0.39 is 9.85 Å². The second-order valence-corrected chi connectivity index (χ2v) is 5.51. The molecule has 1 aromatic heterocycles. The minimum atomic E-state index is -0.474. The third kappa shape index (κ3) is 3.61. The van der Waals surface area contributed by atoms with Crippen LogP contribution in [0.2, 0.25) is 0 Å². The summed E-state index contributed by atoms with van der Waals surface area (Å²) >= 11 is 0. The van der Waals surface area contributed by atoms with E-state index in [-0.39, 0.29) is 11.4 Å². The molecule has 0 amide bonds. The lowest BCUT2D eigenvalue weighted by Gasteiger charge is -2.05. The Morgan fingerprint density at radius 1 is 1.04 bits per heavy atom. The number of hydrazone groups is 1. The van der Waals surface area contributed by atoms with Crippen molar-refractivity contribution in [2.75, 3.05) is 5.43 Å². The number of hydrogen-bond acceptors (Lipinski definition) is 7. The van der Waals surface area contributed by atoms with E-state index in [0.717, 1.165) is 5.56 Å². The molecule has 0 radical (unpaired) electrons. The number of nitrogens with one attached hydrogen (secondary N) is 1. The zero-order valence-electron chi connectivity index (χ0n) is 13.6. The second-order valence-electron chi connectivity index (χ2n) is 5.51. The maximum absolute atomic E-state index is 10.9. The first-order valence-corrected chi connectivity index (χ1v) is 7.53. The second kappa shape index (κ2) is 6.93. The van der Waals surface area contributed by atoms with Gasteiger partial charge in [0.05, 0.1) is 21.6 Å². The molecule has 9 heteroatoms. The summed E-state index contributed by atoms with van der Waals surface area (Å²) in [5.41, 5.74) is 4.74. The first kappa shape index (κ1) is 17.0. The van der Waals surface area contributed by atoms with Crippen LogP contribution in [0.3, 0.4) is 0 Å². The van der Waals surface area contributed by atoms with Crippen LogP contribution in [0.4, 0.5) is 17.2 Å². The molecule has 0 aliphatic rings. The number of aryl methyl sites for hydroxylation is 1. The molecule has 0 atom stereocenters. The van der Waals surface area contributed by atoms with Gasteiger partial charge in [0, 0.05) is 35.2 Å². The number of rotatable bonds is 5. The van der Waals surface area contributed by atoms with Crippen LogP contribution in [0.1, 0.15) is 11.1 Å². The molecule has 1 N–H and O–H groups in total. The van der Waals surface area contributed by atoms with Crippen LogP contribution in [0.15, 0.2) is 53.6 Å². The Hall–Kier alpha value is -3.88. The number of anilines is 1. The maximum Gasteiger partial charge on any atom is 0.270 e. The molecule has 1 heterocycles. The minimum absolute atomic E-state index is 0.00630. The van der Waals surface area contributed by atoms with Crippen LogP contribution >= 0.6 is 0 Å². The van der Waals surface area contributed by atoms with E-state index in [1.165, 1.54) is 30.5 Å². The highest BCUT2D eigenvalue weighted by Crippen LogP contribution is 2.24. The predicted octanol–water partition coefficient (Wildman–Crippen LogP) is 3.81. The van der Waals surface area contributed by atoms with Gasteiger partial charge in [-0.2, -0.15) is 5.10 Å². The predicted molar refractivity (Wildman–Crippen MR) is 97.4 cm³/mol. The van der Waals surface area contributed by atoms with Crippen LogP contribution in [-0.2, 0) is 0 Å². The summed E-state index contributed by atoms with van der Waals surface area (Å²) in [6.07, 6.45) is 1.45. The van der Waals surface area contributed by atoms with Gasteiger partial charge in [0.25, 0.3) is 11.4 Å². The third-order valence-electron chi connectivity index (χ3n) is 3.68. The van der Waals surface area contributed by atoms with Crippen molar-refractivity contribution >= 4 is 34.3 Å². The van der Waals surface area contributed by atoms with Crippen molar-refractivity contribution in [2.24, 2.45) is 5.10 Å². The van der Waals surface area contributed by atoms with Crippen molar-refractivity contribution in [1.29, 1.82) is 0 Å². The zero-order valence-corrected chi connectivity index (χ0v) is 13.6. The van der Waals surface area contributed by atoms with E-state index in [0.29, 0.717) is 22.3 Å². The number of aromatic nitrogens is 1. The summed E-state index contributed by atoms with van der Waals surface area (Å²) in [7, 11) is 0. The lowest BCUT2D eigenvalue weighted by molar-refractivity contribution is -0.385. The monoisotopic (exact) mass is 351 g/mol. The number of benzene rings is 2. The van der Waals surface area contributed by atoms with E-state index >= 15 is 0 Å². The number of nitro benzene ring substituents is 2. The molecule has 3 rings (SSSR count). The smallest absolute Gasteiger partial charge is 0.261 e. The summed E-state index contributed by atoms with van der Waals surface area (Å²) in [5, 5.41) is 26.4. The van der Waals surface area contributed by atoms with Gasteiger partial charge in [0.2, 0.25) is 0 Å². The Morgan fingerprint density at radius 3 is 2.50 bits per heavy atom. The number of pyridine rings is 1. The maximum atomic E-state index is 10.9. The van der Waals surface area contributed by atoms with E-state index in [2.05, 4.69) is 15.5 Å². The fourth-order valence-electron chi connectivity index (χ4n) is 2.44. The van der Waals surface area contributed by atoms with Crippen molar-refractivity contribution in [3.8, 4) is 0 Å². The Bertz CT molecular complexity index is 1050. The molecule has 0 bridgehead atoms. The third-order valence-corrected chi connectivity index (χ3v) is 3.68. The number of hydrogen-bond donors (Lipinski definition) is 1. The lowest BCUT2D eigenvalue weighted by atomic mass is 10.1. The Balaban J connectivity index is 1.83. The number of fused-ring (bicyclic) bond motifs is 1. The Labute approximate surface area is 147 Å². The van der Waals surface area contributed by atoms with Crippen molar-refractivity contribution < 1.29 is 9.85 Å². The average Bonchev–Trinajstić information content (AvgIpc) is 2.61. The number of nitro groups is 2. The SMILES string of the molecule is Cc1cc(NN=Cc2cccc([N+](=O)[O-])c2)nc2ccc([N+](=O)[O-])cc12. The molecule has 0 aliphatic carbocycles. The van der Waals surface area contributed by atoms with E-state index in [1.54, 1.807) is 24.3 Å². The molecule has 0 saturated heterocycles. The van der Waals surface area contributed by atoms with Crippen molar-refractivity contribution in [3.63, 3.8) is 0 Å². The largest absolute Gasteiger partial charge is 0.270 e. The molecule has 0 saturated carbocycles. The highest BCUT2D eigenvalue weighted by Gasteiger charge is 2.09. The normalized spacial score (nSPS) is 11.0. The number of non-ortho nitro benzene ring substituents is 2. The van der Waals surface area contributed by atoms with E-state index in [1.807, 2.05) is 6.92 Å². The van der Waals surface area contributed by atoms with Gasteiger partial charge in [-0.3, -0.25) is 25.7 Å². The van der Waals surface area contributed by atoms with Crippen molar-refractivity contribution in [1.82, 2.24) is 4.98 Å². The summed E-state index contributed by atoms with van der Waals surface area (Å²) in [5.74, 6) is 0.463. The molecular formula is C17H13N5O4. The Kier molecular flexibility index (Phi) is 4.52. The van der Waals surface area contributed by atoms with Crippen molar-refractivity contribution in [3.05, 3.63) is 79.9 Å². The molecule has 0 fully saturated rings. The first-order valence-electron chi connectivity index (χ1n) is 7.53. The quantitative estimate of drug-likeness (QED) is 0.423. The molecule has 3 aromatic rings. The first-order chi connectivity index (χ1) is 12.4. The molecule has 0 unspecified atom stereocenters. The van der Waals surface area contributed by atoms with Gasteiger partial charge in [-0.25, -0.2) is 4.98 Å².